The molecule has 0 saturated carbocycles. The molecule has 5 heteroatoms. The summed E-state index contributed by atoms with van der Waals surface area (Å²) in [5, 5.41) is 0. The molecule has 1 rings (SSSR count). The largest absolute Gasteiger partial charge is 0.469 e. The second-order valence-corrected chi connectivity index (χ2v) is 4.38. The van der Waals surface area contributed by atoms with Crippen molar-refractivity contribution in [2.45, 2.75) is 45.3 Å². The van der Waals surface area contributed by atoms with Crippen LogP contribution in [0.15, 0.2) is 11.1 Å². The van der Waals surface area contributed by atoms with Crippen LogP contribution in [-0.2, 0) is 23.8 Å². The van der Waals surface area contributed by atoms with Gasteiger partial charge in [0, 0.05) is 31.1 Å². The Labute approximate surface area is 107 Å². The fraction of sp³-hybridized carbons (Fsp3) is 0.692. The lowest BCUT2D eigenvalue weighted by Gasteiger charge is -2.27. The molecule has 0 amide bonds. The molecule has 0 aliphatic carbocycles. The SMILES string of the molecule is COC(=O)CCCC[C@@]1(OC)OC(=O)C(C)=C1C. The highest BCUT2D eigenvalue weighted by molar-refractivity contribution is 5.92. The zero-order valence-corrected chi connectivity index (χ0v) is 11.4. The highest BCUT2D eigenvalue weighted by Gasteiger charge is 2.43. The lowest BCUT2D eigenvalue weighted by molar-refractivity contribution is -0.195. The molecule has 1 aliphatic rings. The van der Waals surface area contributed by atoms with Crippen LogP contribution in [-0.4, -0.2) is 31.9 Å². The van der Waals surface area contributed by atoms with Crippen LogP contribution in [0.25, 0.3) is 0 Å². The Hall–Kier alpha value is -1.36. The quantitative estimate of drug-likeness (QED) is 0.537. The van der Waals surface area contributed by atoms with E-state index in [0.29, 0.717) is 24.8 Å². The third-order valence-electron chi connectivity index (χ3n) is 3.39. The number of carbonyl (C=O) groups excluding carboxylic acids is 2. The summed E-state index contributed by atoms with van der Waals surface area (Å²) in [6.07, 6.45) is 2.32. The van der Waals surface area contributed by atoms with E-state index in [1.165, 1.54) is 14.2 Å². The van der Waals surface area contributed by atoms with Gasteiger partial charge in [-0.2, -0.15) is 0 Å². The maximum absolute atomic E-state index is 11.5. The molecule has 0 aromatic carbocycles. The third-order valence-corrected chi connectivity index (χ3v) is 3.39. The van der Waals surface area contributed by atoms with Crippen molar-refractivity contribution in [3.63, 3.8) is 0 Å². The fourth-order valence-electron chi connectivity index (χ4n) is 2.01. The Morgan fingerprint density at radius 1 is 1.28 bits per heavy atom. The van der Waals surface area contributed by atoms with Crippen LogP contribution < -0.4 is 0 Å². The number of esters is 2. The van der Waals surface area contributed by atoms with Crippen molar-refractivity contribution in [3.8, 4) is 0 Å². The van der Waals surface area contributed by atoms with Crippen molar-refractivity contribution in [1.82, 2.24) is 0 Å². The minimum atomic E-state index is -0.947. The molecule has 18 heavy (non-hydrogen) atoms. The Morgan fingerprint density at radius 3 is 2.39 bits per heavy atom. The topological polar surface area (TPSA) is 61.8 Å². The van der Waals surface area contributed by atoms with Crippen molar-refractivity contribution in [1.29, 1.82) is 0 Å². The average molecular weight is 256 g/mol. The number of unbranched alkanes of at least 4 members (excludes halogenated alkanes) is 1. The van der Waals surface area contributed by atoms with Gasteiger partial charge < -0.3 is 14.2 Å². The van der Waals surface area contributed by atoms with E-state index < -0.39 is 5.79 Å². The third kappa shape index (κ3) is 2.90. The summed E-state index contributed by atoms with van der Waals surface area (Å²) in [6.45, 7) is 3.57. The molecule has 0 radical (unpaired) electrons. The molecule has 0 unspecified atom stereocenters. The van der Waals surface area contributed by atoms with Gasteiger partial charge in [-0.15, -0.1) is 0 Å². The van der Waals surface area contributed by atoms with Crippen molar-refractivity contribution >= 4 is 11.9 Å². The number of cyclic esters (lactones) is 1. The summed E-state index contributed by atoms with van der Waals surface area (Å²) in [5.41, 5.74) is 1.41. The van der Waals surface area contributed by atoms with Gasteiger partial charge in [0.15, 0.2) is 0 Å². The van der Waals surface area contributed by atoms with Gasteiger partial charge in [-0.3, -0.25) is 4.79 Å². The van der Waals surface area contributed by atoms with E-state index in [9.17, 15) is 9.59 Å². The Bertz CT molecular complexity index is 372. The molecular weight excluding hydrogens is 236 g/mol. The van der Waals surface area contributed by atoms with Crippen LogP contribution in [0.5, 0.6) is 0 Å². The highest BCUT2D eigenvalue weighted by Crippen LogP contribution is 2.37. The van der Waals surface area contributed by atoms with Gasteiger partial charge in [0.1, 0.15) is 0 Å². The first-order valence-electron chi connectivity index (χ1n) is 6.00. The lowest BCUT2D eigenvalue weighted by atomic mass is 9.99. The van der Waals surface area contributed by atoms with Crippen molar-refractivity contribution < 1.29 is 23.8 Å². The van der Waals surface area contributed by atoms with Crippen molar-refractivity contribution in [3.05, 3.63) is 11.1 Å². The number of rotatable bonds is 6. The molecule has 1 atom stereocenters. The number of hydrogen-bond acceptors (Lipinski definition) is 5. The average Bonchev–Trinajstić information content (AvgIpc) is 2.59. The van der Waals surface area contributed by atoms with Gasteiger partial charge in [-0.1, -0.05) is 0 Å². The van der Waals surface area contributed by atoms with Crippen LogP contribution in [0.4, 0.5) is 0 Å². The lowest BCUT2D eigenvalue weighted by Crippen LogP contribution is -2.33. The first kappa shape index (κ1) is 14.7. The number of methoxy groups -OCH3 is 2. The molecule has 5 nitrogen and oxygen atoms in total. The molecule has 0 aromatic heterocycles. The molecule has 0 aromatic rings. The fourth-order valence-corrected chi connectivity index (χ4v) is 2.01. The molecule has 0 N–H and O–H groups in total. The molecule has 102 valence electrons. The van der Waals surface area contributed by atoms with Crippen LogP contribution in [0.2, 0.25) is 0 Å². The molecular formula is C13H20O5. The molecule has 0 bridgehead atoms. The monoisotopic (exact) mass is 256 g/mol. The molecule has 0 saturated heterocycles. The Balaban J connectivity index is 2.54. The molecule has 1 heterocycles. The first-order chi connectivity index (χ1) is 8.46. The maximum Gasteiger partial charge on any atom is 0.336 e. The maximum atomic E-state index is 11.5. The van der Waals surface area contributed by atoms with Gasteiger partial charge in [-0.25, -0.2) is 4.79 Å². The predicted octanol–water partition coefficient (Wildman–Crippen LogP) is 1.96. The molecule has 1 aliphatic heterocycles. The van der Waals surface area contributed by atoms with E-state index in [4.69, 9.17) is 9.47 Å². The predicted molar refractivity (Wildman–Crippen MR) is 64.7 cm³/mol. The summed E-state index contributed by atoms with van der Waals surface area (Å²) in [4.78, 5) is 22.5. The zero-order valence-electron chi connectivity index (χ0n) is 11.4. The Kier molecular flexibility index (Phi) is 4.90. The van der Waals surface area contributed by atoms with Crippen molar-refractivity contribution in [2.24, 2.45) is 0 Å². The number of ether oxygens (including phenoxy) is 3. The normalized spacial score (nSPS) is 23.2. The Morgan fingerprint density at radius 2 is 1.94 bits per heavy atom. The standard InChI is InChI=1S/C13H20O5/c1-9-10(2)13(17-4,18-12(9)15)8-6-5-7-11(14)16-3/h5-8H2,1-4H3/t13-/m1/s1. The molecule has 0 fully saturated rings. The van der Waals surface area contributed by atoms with Gasteiger partial charge in [0.05, 0.1) is 7.11 Å². The summed E-state index contributed by atoms with van der Waals surface area (Å²) in [7, 11) is 2.89. The zero-order chi connectivity index (χ0) is 13.8. The number of hydrogen-bond donors (Lipinski definition) is 0. The van der Waals surface area contributed by atoms with Crippen LogP contribution in [0.3, 0.4) is 0 Å². The van der Waals surface area contributed by atoms with Gasteiger partial charge in [0.2, 0.25) is 5.79 Å². The summed E-state index contributed by atoms with van der Waals surface area (Å²) in [6, 6.07) is 0. The van der Waals surface area contributed by atoms with E-state index in [0.717, 1.165) is 12.0 Å². The van der Waals surface area contributed by atoms with E-state index in [1.54, 1.807) is 6.92 Å². The summed E-state index contributed by atoms with van der Waals surface area (Å²) in [5.74, 6) is -1.51. The minimum absolute atomic E-state index is 0.228. The highest BCUT2D eigenvalue weighted by atomic mass is 16.7. The second-order valence-electron chi connectivity index (χ2n) is 4.38. The minimum Gasteiger partial charge on any atom is -0.469 e. The van der Waals surface area contributed by atoms with Crippen LogP contribution >= 0.6 is 0 Å². The van der Waals surface area contributed by atoms with E-state index in [2.05, 4.69) is 4.74 Å². The second kappa shape index (κ2) is 6.00. The summed E-state index contributed by atoms with van der Waals surface area (Å²) >= 11 is 0. The van der Waals surface area contributed by atoms with Crippen LogP contribution in [0, 0.1) is 0 Å². The van der Waals surface area contributed by atoms with Crippen LogP contribution in [0.1, 0.15) is 39.5 Å². The first-order valence-corrected chi connectivity index (χ1v) is 6.00. The van der Waals surface area contributed by atoms with Crippen molar-refractivity contribution in [2.75, 3.05) is 14.2 Å². The van der Waals surface area contributed by atoms with Gasteiger partial charge >= 0.3 is 11.9 Å². The smallest absolute Gasteiger partial charge is 0.336 e. The van der Waals surface area contributed by atoms with E-state index in [1.807, 2.05) is 6.92 Å². The molecule has 0 spiro atoms. The van der Waals surface area contributed by atoms with Gasteiger partial charge in [-0.05, 0) is 26.7 Å². The van der Waals surface area contributed by atoms with Gasteiger partial charge in [0.25, 0.3) is 0 Å². The summed E-state index contributed by atoms with van der Waals surface area (Å²) < 4.78 is 15.2. The van der Waals surface area contributed by atoms with E-state index >= 15 is 0 Å². The number of carbonyl (C=O) groups is 2. The van der Waals surface area contributed by atoms with E-state index in [-0.39, 0.29) is 11.9 Å².